The molecule has 0 saturated carbocycles. The zero-order chi connectivity index (χ0) is 15.5. The largest absolute Gasteiger partial charge is 0.460 e. The number of hydrogen-bond donors (Lipinski definition) is 0. The molecule has 2 fully saturated rings. The van der Waals surface area contributed by atoms with Crippen LogP contribution in [0.3, 0.4) is 0 Å². The summed E-state index contributed by atoms with van der Waals surface area (Å²) in [5, 5.41) is 0. The fourth-order valence-electron chi connectivity index (χ4n) is 3.20. The first-order valence-corrected chi connectivity index (χ1v) is 7.49. The van der Waals surface area contributed by atoms with Gasteiger partial charge in [0.15, 0.2) is 0 Å². The Balaban J connectivity index is 1.65. The predicted octanol–water partition coefficient (Wildman–Crippen LogP) is 2.52. The molecule has 0 bridgehead atoms. The van der Waals surface area contributed by atoms with Crippen LogP contribution in [0, 0.1) is 5.92 Å². The van der Waals surface area contributed by atoms with Crippen molar-refractivity contribution in [3.8, 4) is 0 Å². The van der Waals surface area contributed by atoms with Gasteiger partial charge < -0.3 is 14.4 Å². The fourth-order valence-corrected chi connectivity index (χ4v) is 3.20. The summed E-state index contributed by atoms with van der Waals surface area (Å²) in [6.07, 6.45) is 2.29. The van der Waals surface area contributed by atoms with E-state index < -0.39 is 0 Å². The minimum atomic E-state index is -0.385. The van der Waals surface area contributed by atoms with E-state index in [1.165, 1.54) is 0 Å². The number of hydrogen-bond acceptors (Lipinski definition) is 4. The van der Waals surface area contributed by atoms with Crippen molar-refractivity contribution in [3.05, 3.63) is 48.6 Å². The van der Waals surface area contributed by atoms with Gasteiger partial charge in [-0.15, -0.1) is 6.58 Å². The number of carbonyl (C=O) groups excluding carboxylic acids is 2. The van der Waals surface area contributed by atoms with Crippen molar-refractivity contribution in [3.63, 3.8) is 0 Å². The molecule has 0 unspecified atom stereocenters. The number of carbonyl (C=O) groups is 2. The van der Waals surface area contributed by atoms with Gasteiger partial charge in [-0.05, 0) is 12.0 Å². The zero-order valence-electron chi connectivity index (χ0n) is 12.3. The Kier molecular flexibility index (Phi) is 4.13. The Labute approximate surface area is 129 Å². The van der Waals surface area contributed by atoms with Crippen LogP contribution >= 0.6 is 0 Å². The second-order valence-corrected chi connectivity index (χ2v) is 5.62. The minimum Gasteiger partial charge on any atom is -0.460 e. The summed E-state index contributed by atoms with van der Waals surface area (Å²) in [5.41, 5.74) is 0.938. The summed E-state index contributed by atoms with van der Waals surface area (Å²) < 4.78 is 10.7. The van der Waals surface area contributed by atoms with Crippen LogP contribution in [0.15, 0.2) is 43.0 Å². The minimum absolute atomic E-state index is 0.207. The molecule has 1 aromatic rings. The molecule has 3 rings (SSSR count). The van der Waals surface area contributed by atoms with Crippen LogP contribution in [0.4, 0.5) is 4.79 Å². The van der Waals surface area contributed by atoms with Gasteiger partial charge in [-0.25, -0.2) is 4.79 Å². The van der Waals surface area contributed by atoms with E-state index in [1.807, 2.05) is 30.3 Å². The molecule has 0 aromatic heterocycles. The van der Waals surface area contributed by atoms with Gasteiger partial charge in [0.1, 0.15) is 12.7 Å². The van der Waals surface area contributed by atoms with Crippen molar-refractivity contribution < 1.29 is 19.1 Å². The molecule has 0 spiro atoms. The highest BCUT2D eigenvalue weighted by atomic mass is 16.6. The summed E-state index contributed by atoms with van der Waals surface area (Å²) in [7, 11) is 0. The highest BCUT2D eigenvalue weighted by Crippen LogP contribution is 2.36. The molecule has 5 nitrogen and oxygen atoms in total. The number of amides is 1. The summed E-state index contributed by atoms with van der Waals surface area (Å²) in [6.45, 7) is 4.47. The Bertz CT molecular complexity index is 571. The first-order valence-electron chi connectivity index (χ1n) is 7.49. The maximum absolute atomic E-state index is 12.3. The lowest BCUT2D eigenvalue weighted by Crippen LogP contribution is -2.42. The summed E-state index contributed by atoms with van der Waals surface area (Å²) >= 11 is 0. The van der Waals surface area contributed by atoms with Crippen LogP contribution in [0.1, 0.15) is 18.4 Å². The molecule has 2 aliphatic heterocycles. The van der Waals surface area contributed by atoms with Gasteiger partial charge in [0.25, 0.3) is 0 Å². The molecule has 22 heavy (non-hydrogen) atoms. The second kappa shape index (κ2) is 6.22. The van der Waals surface area contributed by atoms with Crippen LogP contribution in [0.25, 0.3) is 0 Å². The topological polar surface area (TPSA) is 55.8 Å². The maximum Gasteiger partial charge on any atom is 0.410 e. The summed E-state index contributed by atoms with van der Waals surface area (Å²) in [4.78, 5) is 25.8. The summed E-state index contributed by atoms with van der Waals surface area (Å²) in [5.74, 6) is -0.565. The van der Waals surface area contributed by atoms with Gasteiger partial charge in [0.05, 0.1) is 12.0 Å². The number of ether oxygens (including phenoxy) is 2. The van der Waals surface area contributed by atoms with E-state index in [0.29, 0.717) is 19.4 Å². The lowest BCUT2D eigenvalue weighted by molar-refractivity contribution is -0.144. The van der Waals surface area contributed by atoms with Gasteiger partial charge in [0, 0.05) is 13.0 Å². The van der Waals surface area contributed by atoms with Crippen molar-refractivity contribution in [1.29, 1.82) is 0 Å². The van der Waals surface area contributed by atoms with Gasteiger partial charge in [-0.1, -0.05) is 36.4 Å². The molecular formula is C17H19NO4. The Hall–Kier alpha value is -2.30. The van der Waals surface area contributed by atoms with Crippen LogP contribution < -0.4 is 0 Å². The third-order valence-corrected chi connectivity index (χ3v) is 4.24. The highest BCUT2D eigenvalue weighted by Gasteiger charge is 2.52. The molecular weight excluding hydrogens is 282 g/mol. The van der Waals surface area contributed by atoms with Gasteiger partial charge in [-0.3, -0.25) is 4.79 Å². The number of allylic oxidation sites excluding steroid dienone is 1. The van der Waals surface area contributed by atoms with Gasteiger partial charge in [0.2, 0.25) is 0 Å². The number of nitrogens with zero attached hydrogens (tertiary/aromatic N) is 1. The van der Waals surface area contributed by atoms with E-state index in [9.17, 15) is 9.59 Å². The Morgan fingerprint density at radius 3 is 2.91 bits per heavy atom. The number of benzene rings is 1. The van der Waals surface area contributed by atoms with E-state index in [1.54, 1.807) is 11.0 Å². The molecule has 0 radical (unpaired) electrons. The Morgan fingerprint density at radius 2 is 2.18 bits per heavy atom. The number of likely N-dealkylation sites (tertiary alicyclic amines) is 1. The smallest absolute Gasteiger partial charge is 0.410 e. The van der Waals surface area contributed by atoms with Crippen LogP contribution in [0.2, 0.25) is 0 Å². The van der Waals surface area contributed by atoms with E-state index in [4.69, 9.17) is 9.47 Å². The molecule has 1 aromatic carbocycles. The SMILES string of the molecule is C=CC[C@@H]1C(=O)O[C@H]2CCN(C(=O)OCc3ccccc3)[C@H]21. The number of fused-ring (bicyclic) bond motifs is 1. The molecule has 5 heteroatoms. The third kappa shape index (κ3) is 2.71. The standard InChI is InChI=1S/C17H19NO4/c1-2-6-13-15-14(22-16(13)19)9-10-18(15)17(20)21-11-12-7-4-3-5-8-12/h2-5,7-8,13-15H,1,6,9-11H2/t13-,14-,15-/m0/s1. The number of esters is 1. The van der Waals surface area contributed by atoms with E-state index in [-0.39, 0.29) is 36.7 Å². The molecule has 3 atom stereocenters. The first-order chi connectivity index (χ1) is 10.7. The monoisotopic (exact) mass is 301 g/mol. The lowest BCUT2D eigenvalue weighted by Gasteiger charge is -2.25. The van der Waals surface area contributed by atoms with Crippen LogP contribution in [-0.2, 0) is 20.9 Å². The van der Waals surface area contributed by atoms with E-state index >= 15 is 0 Å². The van der Waals surface area contributed by atoms with Crippen molar-refractivity contribution in [2.75, 3.05) is 6.54 Å². The Morgan fingerprint density at radius 1 is 1.41 bits per heavy atom. The molecule has 0 aliphatic carbocycles. The lowest BCUT2D eigenvalue weighted by atomic mass is 9.96. The molecule has 116 valence electrons. The molecule has 0 N–H and O–H groups in total. The number of rotatable bonds is 4. The fraction of sp³-hybridized carbons (Fsp3) is 0.412. The predicted molar refractivity (Wildman–Crippen MR) is 79.9 cm³/mol. The van der Waals surface area contributed by atoms with Crippen LogP contribution in [0.5, 0.6) is 0 Å². The first kappa shape index (κ1) is 14.6. The molecule has 2 aliphatic rings. The third-order valence-electron chi connectivity index (χ3n) is 4.24. The second-order valence-electron chi connectivity index (χ2n) is 5.62. The van der Waals surface area contributed by atoms with Crippen molar-refractivity contribution in [2.45, 2.75) is 31.6 Å². The quantitative estimate of drug-likeness (QED) is 0.633. The van der Waals surface area contributed by atoms with E-state index in [0.717, 1.165) is 5.56 Å². The normalized spacial score (nSPS) is 26.5. The van der Waals surface area contributed by atoms with Gasteiger partial charge >= 0.3 is 12.1 Å². The molecule has 1 amide bonds. The zero-order valence-corrected chi connectivity index (χ0v) is 12.3. The van der Waals surface area contributed by atoms with E-state index in [2.05, 4.69) is 6.58 Å². The molecule has 2 heterocycles. The van der Waals surface area contributed by atoms with Gasteiger partial charge in [-0.2, -0.15) is 0 Å². The molecule has 2 saturated heterocycles. The average Bonchev–Trinajstić information content (AvgIpc) is 3.06. The van der Waals surface area contributed by atoms with Crippen LogP contribution in [-0.4, -0.2) is 35.7 Å². The van der Waals surface area contributed by atoms with Crippen molar-refractivity contribution in [1.82, 2.24) is 4.90 Å². The van der Waals surface area contributed by atoms with Crippen molar-refractivity contribution >= 4 is 12.1 Å². The highest BCUT2D eigenvalue weighted by molar-refractivity contribution is 5.79. The average molecular weight is 301 g/mol. The summed E-state index contributed by atoms with van der Waals surface area (Å²) in [6, 6.07) is 9.30. The van der Waals surface area contributed by atoms with Crippen molar-refractivity contribution in [2.24, 2.45) is 5.92 Å². The maximum atomic E-state index is 12.3.